The molecule has 0 radical (unpaired) electrons. The summed E-state index contributed by atoms with van der Waals surface area (Å²) in [5, 5.41) is -0.235. The van der Waals surface area contributed by atoms with Crippen LogP contribution in [-0.2, 0) is 4.79 Å². The van der Waals surface area contributed by atoms with E-state index >= 15 is 0 Å². The average molecular weight is 345 g/mol. The van der Waals surface area contributed by atoms with Crippen LogP contribution in [0, 0.1) is 18.3 Å². The quantitative estimate of drug-likeness (QED) is 0.584. The van der Waals surface area contributed by atoms with Crippen molar-refractivity contribution in [1.29, 1.82) is 0 Å². The Balaban J connectivity index is 2.24. The molecule has 6 heteroatoms. The number of hydrogen-bond acceptors (Lipinski definition) is 5. The number of hydrogen-bond donors (Lipinski definition) is 0. The molecule has 0 N–H and O–H groups in total. The van der Waals surface area contributed by atoms with Crippen LogP contribution in [0.15, 0.2) is 23.1 Å². The van der Waals surface area contributed by atoms with Crippen LogP contribution < -0.4 is 9.47 Å². The van der Waals surface area contributed by atoms with Gasteiger partial charge in [-0.15, -0.1) is 6.42 Å². The van der Waals surface area contributed by atoms with Crippen molar-refractivity contribution in [2.24, 2.45) is 5.92 Å². The van der Waals surface area contributed by atoms with Gasteiger partial charge in [-0.1, -0.05) is 25.8 Å². The molecule has 0 bridgehead atoms. The normalized spacial score (nSPS) is 16.0. The van der Waals surface area contributed by atoms with Crippen molar-refractivity contribution in [1.82, 2.24) is 4.90 Å². The topological polar surface area (TPSA) is 55.8 Å². The summed E-state index contributed by atoms with van der Waals surface area (Å²) < 4.78 is 10.7. The van der Waals surface area contributed by atoms with Crippen LogP contribution in [0.3, 0.4) is 0 Å². The summed E-state index contributed by atoms with van der Waals surface area (Å²) in [4.78, 5) is 26.0. The summed E-state index contributed by atoms with van der Waals surface area (Å²) in [6.45, 7) is 4.49. The summed E-state index contributed by atoms with van der Waals surface area (Å²) in [6, 6.07) is 5.24. The highest BCUT2D eigenvalue weighted by Crippen LogP contribution is 2.34. The molecule has 0 aromatic heterocycles. The molecular formula is C18H19NO4S. The lowest BCUT2D eigenvalue weighted by Gasteiger charge is -2.14. The number of thioether (sulfide) groups is 1. The van der Waals surface area contributed by atoms with Gasteiger partial charge in [0.05, 0.1) is 12.0 Å². The highest BCUT2D eigenvalue weighted by atomic mass is 32.2. The van der Waals surface area contributed by atoms with Crippen molar-refractivity contribution in [2.75, 3.05) is 20.3 Å². The number of methoxy groups -OCH3 is 1. The average Bonchev–Trinajstić information content (AvgIpc) is 2.80. The Hall–Kier alpha value is -2.39. The molecule has 1 heterocycles. The van der Waals surface area contributed by atoms with Gasteiger partial charge in [0, 0.05) is 6.54 Å². The molecule has 0 aliphatic carbocycles. The standard InChI is InChI=1S/C18H19NO4S/c1-5-8-23-14-7-6-13(9-15(14)22-4)10-16-17(20)19(11-12(2)3)18(21)24-16/h1,6-7,9-10,12H,8,11H2,2-4H3. The minimum Gasteiger partial charge on any atom is -0.493 e. The van der Waals surface area contributed by atoms with E-state index in [4.69, 9.17) is 15.9 Å². The van der Waals surface area contributed by atoms with Crippen LogP contribution in [0.2, 0.25) is 0 Å². The summed E-state index contributed by atoms with van der Waals surface area (Å²) >= 11 is 0.950. The molecule has 1 aliphatic heterocycles. The van der Waals surface area contributed by atoms with E-state index in [1.807, 2.05) is 13.8 Å². The molecule has 24 heavy (non-hydrogen) atoms. The third kappa shape index (κ3) is 4.12. The summed E-state index contributed by atoms with van der Waals surface area (Å²) in [5.74, 6) is 3.40. The molecule has 1 aliphatic rings. The van der Waals surface area contributed by atoms with Crippen LogP contribution in [0.5, 0.6) is 11.5 Å². The van der Waals surface area contributed by atoms with E-state index in [0.29, 0.717) is 22.9 Å². The van der Waals surface area contributed by atoms with Crippen molar-refractivity contribution in [3.8, 4) is 23.8 Å². The third-order valence-electron chi connectivity index (χ3n) is 3.22. The minimum absolute atomic E-state index is 0.143. The Morgan fingerprint density at radius 3 is 2.71 bits per heavy atom. The number of imide groups is 1. The van der Waals surface area contributed by atoms with Gasteiger partial charge in [-0.05, 0) is 41.5 Å². The molecule has 1 aromatic carbocycles. The second-order valence-electron chi connectivity index (χ2n) is 5.59. The maximum atomic E-state index is 12.4. The van der Waals surface area contributed by atoms with Crippen LogP contribution in [0.1, 0.15) is 19.4 Å². The van der Waals surface area contributed by atoms with E-state index in [9.17, 15) is 9.59 Å². The minimum atomic E-state index is -0.259. The lowest BCUT2D eigenvalue weighted by molar-refractivity contribution is -0.123. The maximum absolute atomic E-state index is 12.4. The van der Waals surface area contributed by atoms with Gasteiger partial charge in [0.2, 0.25) is 0 Å². The van der Waals surface area contributed by atoms with E-state index in [1.54, 1.807) is 24.3 Å². The first kappa shape index (κ1) is 18.0. The number of terminal acetylenes is 1. The zero-order valence-electron chi connectivity index (χ0n) is 13.9. The van der Waals surface area contributed by atoms with E-state index < -0.39 is 0 Å². The number of benzene rings is 1. The first-order chi connectivity index (χ1) is 11.5. The van der Waals surface area contributed by atoms with Gasteiger partial charge in [0.1, 0.15) is 6.61 Å². The van der Waals surface area contributed by atoms with Crippen LogP contribution in [0.4, 0.5) is 4.79 Å². The van der Waals surface area contributed by atoms with Gasteiger partial charge in [0.25, 0.3) is 11.1 Å². The van der Waals surface area contributed by atoms with E-state index in [0.717, 1.165) is 17.3 Å². The van der Waals surface area contributed by atoms with Crippen molar-refractivity contribution >= 4 is 29.0 Å². The Labute approximate surface area is 146 Å². The number of carbonyl (C=O) groups is 2. The molecule has 0 atom stereocenters. The zero-order chi connectivity index (χ0) is 17.7. The monoisotopic (exact) mass is 345 g/mol. The number of rotatable bonds is 6. The van der Waals surface area contributed by atoms with Gasteiger partial charge in [-0.2, -0.15) is 0 Å². The van der Waals surface area contributed by atoms with E-state index in [1.165, 1.54) is 12.0 Å². The summed E-state index contributed by atoms with van der Waals surface area (Å²) in [5.41, 5.74) is 0.745. The largest absolute Gasteiger partial charge is 0.493 e. The Morgan fingerprint density at radius 2 is 2.08 bits per heavy atom. The molecular weight excluding hydrogens is 326 g/mol. The second kappa shape index (κ2) is 7.93. The molecule has 1 fully saturated rings. The molecule has 0 saturated carbocycles. The van der Waals surface area contributed by atoms with Gasteiger partial charge >= 0.3 is 0 Å². The molecule has 1 saturated heterocycles. The number of nitrogens with zero attached hydrogens (tertiary/aromatic N) is 1. The van der Waals surface area contributed by atoms with Crippen molar-refractivity contribution in [3.63, 3.8) is 0 Å². The molecule has 0 unspecified atom stereocenters. The van der Waals surface area contributed by atoms with Gasteiger partial charge in [0.15, 0.2) is 11.5 Å². The Bertz CT molecular complexity index is 718. The van der Waals surface area contributed by atoms with Gasteiger partial charge < -0.3 is 9.47 Å². The smallest absolute Gasteiger partial charge is 0.293 e. The molecule has 126 valence electrons. The van der Waals surface area contributed by atoms with Crippen molar-refractivity contribution in [3.05, 3.63) is 28.7 Å². The number of amides is 2. The molecule has 5 nitrogen and oxygen atoms in total. The van der Waals surface area contributed by atoms with Crippen LogP contribution in [-0.4, -0.2) is 36.3 Å². The fourth-order valence-corrected chi connectivity index (χ4v) is 3.03. The predicted molar refractivity (Wildman–Crippen MR) is 94.8 cm³/mol. The van der Waals surface area contributed by atoms with Crippen LogP contribution >= 0.6 is 11.8 Å². The first-order valence-electron chi connectivity index (χ1n) is 7.46. The number of carbonyl (C=O) groups excluding carboxylic acids is 2. The highest BCUT2D eigenvalue weighted by molar-refractivity contribution is 8.18. The summed E-state index contributed by atoms with van der Waals surface area (Å²) in [6.07, 6.45) is 6.86. The maximum Gasteiger partial charge on any atom is 0.293 e. The van der Waals surface area contributed by atoms with Crippen LogP contribution in [0.25, 0.3) is 6.08 Å². The molecule has 1 aromatic rings. The Morgan fingerprint density at radius 1 is 1.33 bits per heavy atom. The molecule has 0 spiro atoms. The zero-order valence-corrected chi connectivity index (χ0v) is 14.7. The van der Waals surface area contributed by atoms with E-state index in [2.05, 4.69) is 5.92 Å². The second-order valence-corrected chi connectivity index (χ2v) is 6.58. The SMILES string of the molecule is C#CCOc1ccc(C=C2SC(=O)N(CC(C)C)C2=O)cc1OC. The molecule has 2 rings (SSSR count). The highest BCUT2D eigenvalue weighted by Gasteiger charge is 2.35. The lowest BCUT2D eigenvalue weighted by atomic mass is 10.1. The fourth-order valence-electron chi connectivity index (χ4n) is 2.19. The van der Waals surface area contributed by atoms with Gasteiger partial charge in [-0.25, -0.2) is 0 Å². The van der Waals surface area contributed by atoms with E-state index in [-0.39, 0.29) is 23.7 Å². The van der Waals surface area contributed by atoms with Crippen molar-refractivity contribution in [2.45, 2.75) is 13.8 Å². The molecule has 2 amide bonds. The Kier molecular flexibility index (Phi) is 5.93. The third-order valence-corrected chi connectivity index (χ3v) is 4.13. The first-order valence-corrected chi connectivity index (χ1v) is 8.27. The fraction of sp³-hybridized carbons (Fsp3) is 0.333. The van der Waals surface area contributed by atoms with Gasteiger partial charge in [-0.3, -0.25) is 14.5 Å². The summed E-state index contributed by atoms with van der Waals surface area (Å²) in [7, 11) is 1.53. The van der Waals surface area contributed by atoms with Crippen molar-refractivity contribution < 1.29 is 19.1 Å². The number of ether oxygens (including phenoxy) is 2. The lowest BCUT2D eigenvalue weighted by Crippen LogP contribution is -2.31. The predicted octanol–water partition coefficient (Wildman–Crippen LogP) is 3.40.